The molecule has 5 nitrogen and oxygen atoms in total. The van der Waals surface area contributed by atoms with Crippen LogP contribution in [0, 0.1) is 0 Å². The van der Waals surface area contributed by atoms with Gasteiger partial charge in [0.1, 0.15) is 12.3 Å². The van der Waals surface area contributed by atoms with Gasteiger partial charge in [0.05, 0.1) is 4.83 Å². The largest absolute Gasteiger partial charge is 0.480 e. The van der Waals surface area contributed by atoms with Crippen molar-refractivity contribution in [2.24, 2.45) is 0 Å². The van der Waals surface area contributed by atoms with E-state index in [9.17, 15) is 9.59 Å². The average molecular weight is 280 g/mol. The Labute approximate surface area is 96.5 Å². The van der Waals surface area contributed by atoms with Gasteiger partial charge in [-0.25, -0.2) is 4.79 Å². The number of alkyl halides is 1. The monoisotopic (exact) mass is 279 g/mol. The SMILES string of the molecule is COC1C(Br)CCC(C(=O)O)N1C(C)=O. The Morgan fingerprint density at radius 3 is 2.47 bits per heavy atom. The van der Waals surface area contributed by atoms with E-state index in [0.29, 0.717) is 12.8 Å². The Balaban J connectivity index is 2.92. The van der Waals surface area contributed by atoms with Crippen molar-refractivity contribution in [3.8, 4) is 0 Å². The molecule has 1 aliphatic heterocycles. The highest BCUT2D eigenvalue weighted by molar-refractivity contribution is 9.09. The molecule has 1 amide bonds. The van der Waals surface area contributed by atoms with Gasteiger partial charge in [-0.3, -0.25) is 4.79 Å². The topological polar surface area (TPSA) is 66.8 Å². The van der Waals surface area contributed by atoms with Gasteiger partial charge in [-0.15, -0.1) is 0 Å². The third-order valence-corrected chi connectivity index (χ3v) is 3.44. The van der Waals surface area contributed by atoms with Crippen LogP contribution in [0.25, 0.3) is 0 Å². The zero-order valence-corrected chi connectivity index (χ0v) is 10.2. The molecule has 1 rings (SSSR count). The first-order valence-electron chi connectivity index (χ1n) is 4.67. The van der Waals surface area contributed by atoms with Crippen molar-refractivity contribution < 1.29 is 19.4 Å². The lowest BCUT2D eigenvalue weighted by Gasteiger charge is -2.41. The van der Waals surface area contributed by atoms with Crippen LogP contribution in [0.2, 0.25) is 0 Å². The number of carboxylic acids is 1. The van der Waals surface area contributed by atoms with Crippen LogP contribution in [-0.4, -0.2) is 46.1 Å². The van der Waals surface area contributed by atoms with Crippen molar-refractivity contribution in [1.29, 1.82) is 0 Å². The second-order valence-electron chi connectivity index (χ2n) is 3.50. The standard InChI is InChI=1S/C9H14BrNO4/c1-5(12)11-7(9(13)14)4-3-6(10)8(11)15-2/h6-8H,3-4H2,1-2H3,(H,13,14). The molecule has 1 heterocycles. The molecule has 3 atom stereocenters. The number of carbonyl (C=O) groups excluding carboxylic acids is 1. The summed E-state index contributed by atoms with van der Waals surface area (Å²) in [5.74, 6) is -1.26. The maximum absolute atomic E-state index is 11.4. The highest BCUT2D eigenvalue weighted by atomic mass is 79.9. The maximum atomic E-state index is 11.4. The van der Waals surface area contributed by atoms with E-state index in [1.165, 1.54) is 18.9 Å². The lowest BCUT2D eigenvalue weighted by Crippen LogP contribution is -2.57. The highest BCUT2D eigenvalue weighted by Gasteiger charge is 2.41. The molecular formula is C9H14BrNO4. The Kier molecular flexibility index (Phi) is 4.10. The number of carboxylic acid groups (broad SMARTS) is 1. The molecule has 86 valence electrons. The summed E-state index contributed by atoms with van der Waals surface area (Å²) in [6, 6.07) is -0.777. The molecule has 0 spiro atoms. The fourth-order valence-electron chi connectivity index (χ4n) is 1.85. The van der Waals surface area contributed by atoms with E-state index in [2.05, 4.69) is 15.9 Å². The molecule has 0 aromatic rings. The number of halogens is 1. The number of amides is 1. The van der Waals surface area contributed by atoms with Gasteiger partial charge >= 0.3 is 5.97 Å². The minimum atomic E-state index is -0.980. The molecule has 3 unspecified atom stereocenters. The summed E-state index contributed by atoms with van der Waals surface area (Å²) in [7, 11) is 1.47. The number of methoxy groups -OCH3 is 1. The summed E-state index contributed by atoms with van der Waals surface area (Å²) in [6.07, 6.45) is 0.626. The first kappa shape index (κ1) is 12.4. The normalized spacial score (nSPS) is 31.4. The van der Waals surface area contributed by atoms with Gasteiger partial charge in [-0.1, -0.05) is 15.9 Å². The van der Waals surface area contributed by atoms with Crippen LogP contribution in [0.3, 0.4) is 0 Å². The van der Waals surface area contributed by atoms with Crippen LogP contribution in [0.1, 0.15) is 19.8 Å². The fourth-order valence-corrected chi connectivity index (χ4v) is 2.59. The zero-order valence-electron chi connectivity index (χ0n) is 8.64. The molecular weight excluding hydrogens is 266 g/mol. The molecule has 0 saturated carbocycles. The van der Waals surface area contributed by atoms with E-state index in [0.717, 1.165) is 0 Å². The van der Waals surface area contributed by atoms with Crippen LogP contribution in [0.15, 0.2) is 0 Å². The Hall–Kier alpha value is -0.620. The number of nitrogens with zero attached hydrogens (tertiary/aromatic N) is 1. The Morgan fingerprint density at radius 2 is 2.07 bits per heavy atom. The summed E-state index contributed by atoms with van der Waals surface area (Å²) >= 11 is 3.39. The lowest BCUT2D eigenvalue weighted by atomic mass is 10.0. The van der Waals surface area contributed by atoms with Crippen molar-refractivity contribution in [2.75, 3.05) is 7.11 Å². The minimum absolute atomic E-state index is 0.0120. The quantitative estimate of drug-likeness (QED) is 0.760. The first-order chi connectivity index (χ1) is 6.99. The smallest absolute Gasteiger partial charge is 0.326 e. The van der Waals surface area contributed by atoms with E-state index >= 15 is 0 Å². The van der Waals surface area contributed by atoms with Crippen molar-refractivity contribution >= 4 is 27.8 Å². The molecule has 1 N–H and O–H groups in total. The Bertz CT molecular complexity index is 271. The second-order valence-corrected chi connectivity index (χ2v) is 4.68. The third-order valence-electron chi connectivity index (χ3n) is 2.53. The van der Waals surface area contributed by atoms with Crippen molar-refractivity contribution in [1.82, 2.24) is 4.90 Å². The summed E-state index contributed by atoms with van der Waals surface area (Å²) < 4.78 is 5.15. The van der Waals surface area contributed by atoms with E-state index in [-0.39, 0.29) is 10.7 Å². The molecule has 0 aliphatic carbocycles. The van der Waals surface area contributed by atoms with E-state index < -0.39 is 18.2 Å². The summed E-state index contributed by atoms with van der Waals surface area (Å²) in [5, 5.41) is 8.99. The summed E-state index contributed by atoms with van der Waals surface area (Å²) in [5.41, 5.74) is 0. The number of rotatable bonds is 2. The van der Waals surface area contributed by atoms with Gasteiger partial charge in [0.25, 0.3) is 0 Å². The number of piperidine rings is 1. The molecule has 15 heavy (non-hydrogen) atoms. The first-order valence-corrected chi connectivity index (χ1v) is 5.59. The highest BCUT2D eigenvalue weighted by Crippen LogP contribution is 2.29. The van der Waals surface area contributed by atoms with Crippen LogP contribution in [-0.2, 0) is 14.3 Å². The van der Waals surface area contributed by atoms with E-state index in [1.807, 2.05) is 0 Å². The van der Waals surface area contributed by atoms with Gasteiger partial charge in [0.15, 0.2) is 0 Å². The summed E-state index contributed by atoms with van der Waals surface area (Å²) in [6.45, 7) is 1.35. The van der Waals surface area contributed by atoms with Crippen LogP contribution in [0.4, 0.5) is 0 Å². The number of hydrogen-bond acceptors (Lipinski definition) is 3. The molecule has 0 bridgehead atoms. The second kappa shape index (κ2) is 4.94. The zero-order chi connectivity index (χ0) is 11.6. The number of likely N-dealkylation sites (tertiary alicyclic amines) is 1. The number of hydrogen-bond donors (Lipinski definition) is 1. The molecule has 1 aliphatic rings. The molecule has 0 aromatic heterocycles. The van der Waals surface area contributed by atoms with Gasteiger partial charge in [-0.2, -0.15) is 0 Å². The molecule has 1 saturated heterocycles. The van der Waals surface area contributed by atoms with Crippen molar-refractivity contribution in [2.45, 2.75) is 36.9 Å². The maximum Gasteiger partial charge on any atom is 0.326 e. The predicted molar refractivity (Wildman–Crippen MR) is 56.7 cm³/mol. The van der Waals surface area contributed by atoms with Crippen LogP contribution >= 0.6 is 15.9 Å². The Morgan fingerprint density at radius 1 is 1.47 bits per heavy atom. The van der Waals surface area contributed by atoms with Crippen LogP contribution < -0.4 is 0 Å². The van der Waals surface area contributed by atoms with Crippen molar-refractivity contribution in [3.63, 3.8) is 0 Å². The van der Waals surface area contributed by atoms with E-state index in [1.54, 1.807) is 0 Å². The fraction of sp³-hybridized carbons (Fsp3) is 0.778. The molecule has 0 aromatic carbocycles. The molecule has 0 radical (unpaired) electrons. The van der Waals surface area contributed by atoms with E-state index in [4.69, 9.17) is 9.84 Å². The van der Waals surface area contributed by atoms with Gasteiger partial charge in [-0.05, 0) is 12.8 Å². The van der Waals surface area contributed by atoms with Gasteiger partial charge < -0.3 is 14.7 Å². The van der Waals surface area contributed by atoms with Crippen LogP contribution in [0.5, 0.6) is 0 Å². The third kappa shape index (κ3) is 2.49. The number of carbonyl (C=O) groups is 2. The lowest BCUT2D eigenvalue weighted by molar-refractivity contribution is -0.165. The molecule has 1 fully saturated rings. The van der Waals surface area contributed by atoms with Crippen molar-refractivity contribution in [3.05, 3.63) is 0 Å². The predicted octanol–water partition coefficient (Wildman–Crippen LogP) is 0.818. The summed E-state index contributed by atoms with van der Waals surface area (Å²) in [4.78, 5) is 23.6. The minimum Gasteiger partial charge on any atom is -0.480 e. The number of aliphatic carboxylic acids is 1. The molecule has 6 heteroatoms. The number of ether oxygens (including phenoxy) is 1. The van der Waals surface area contributed by atoms with Gasteiger partial charge in [0.2, 0.25) is 5.91 Å². The van der Waals surface area contributed by atoms with Gasteiger partial charge in [0, 0.05) is 14.0 Å². The average Bonchev–Trinajstić information content (AvgIpc) is 2.16.